The van der Waals surface area contributed by atoms with E-state index in [1.54, 1.807) is 17.1 Å². The molecule has 0 aliphatic carbocycles. The van der Waals surface area contributed by atoms with Crippen LogP contribution in [-0.2, 0) is 6.54 Å². The number of rotatable bonds is 5. The zero-order valence-electron chi connectivity index (χ0n) is 9.35. The summed E-state index contributed by atoms with van der Waals surface area (Å²) < 4.78 is 1.58. The Kier molecular flexibility index (Phi) is 3.49. The first-order valence-electron chi connectivity index (χ1n) is 5.20. The summed E-state index contributed by atoms with van der Waals surface area (Å²) in [5.41, 5.74) is 0.640. The zero-order valence-corrected chi connectivity index (χ0v) is 9.35. The second-order valence-electron chi connectivity index (χ2n) is 3.50. The van der Waals surface area contributed by atoms with Crippen LogP contribution >= 0.6 is 0 Å². The number of nitro groups is 1. The molecule has 0 saturated carbocycles. The molecule has 0 unspecified atom stereocenters. The fourth-order valence-corrected chi connectivity index (χ4v) is 1.37. The highest BCUT2D eigenvalue weighted by molar-refractivity contribution is 5.54. The van der Waals surface area contributed by atoms with Crippen molar-refractivity contribution >= 4 is 17.2 Å². The number of hydrogen-bond acceptors (Lipinski definition) is 6. The van der Waals surface area contributed by atoms with Crippen LogP contribution in [0.4, 0.5) is 17.2 Å². The zero-order chi connectivity index (χ0) is 13.0. The summed E-state index contributed by atoms with van der Waals surface area (Å²) in [4.78, 5) is 13.9. The van der Waals surface area contributed by atoms with Crippen molar-refractivity contribution in [3.8, 4) is 0 Å². The van der Waals surface area contributed by atoms with Gasteiger partial charge in [0.25, 0.3) is 5.69 Å². The Morgan fingerprint density at radius 2 is 2.28 bits per heavy atom. The van der Waals surface area contributed by atoms with Crippen LogP contribution in [0, 0.1) is 10.1 Å². The quantitative estimate of drug-likeness (QED) is 0.603. The van der Waals surface area contributed by atoms with E-state index in [-0.39, 0.29) is 12.3 Å². The van der Waals surface area contributed by atoms with Gasteiger partial charge in [0.1, 0.15) is 12.0 Å². The van der Waals surface area contributed by atoms with Crippen molar-refractivity contribution in [2.75, 3.05) is 11.9 Å². The lowest BCUT2D eigenvalue weighted by Gasteiger charge is -2.01. The van der Waals surface area contributed by atoms with Crippen LogP contribution in [0.2, 0.25) is 0 Å². The molecule has 0 spiro atoms. The Balaban J connectivity index is 2.06. The monoisotopic (exact) mass is 249 g/mol. The van der Waals surface area contributed by atoms with E-state index in [0.717, 1.165) is 0 Å². The maximum atomic E-state index is 10.5. The number of nitrogens with zero attached hydrogens (tertiary/aromatic N) is 4. The topological polar surface area (TPSA) is 106 Å². The minimum absolute atomic E-state index is 0.0108. The number of hydrogen-bond donors (Lipinski definition) is 2. The van der Waals surface area contributed by atoms with Crippen molar-refractivity contribution in [3.05, 3.63) is 40.8 Å². The van der Waals surface area contributed by atoms with Gasteiger partial charge in [-0.25, -0.2) is 4.98 Å². The summed E-state index contributed by atoms with van der Waals surface area (Å²) in [5.74, 6) is 0.490. The van der Waals surface area contributed by atoms with Crippen LogP contribution < -0.4 is 5.32 Å². The molecule has 2 heterocycles. The molecule has 2 N–H and O–H groups in total. The number of aliphatic hydroxyl groups excluding tert-OH is 1. The standard InChI is InChI=1S/C10H11N5O3/c16-4-3-14-7-8(5-12-14)13-10-2-1-9(6-11-10)15(17)18/h1-2,5-7,16H,3-4H2,(H,11,13). The molecule has 0 bridgehead atoms. The molecule has 0 radical (unpaired) electrons. The number of nitrogens with one attached hydrogen (secondary N) is 1. The summed E-state index contributed by atoms with van der Waals surface area (Å²) in [6, 6.07) is 2.88. The average Bonchev–Trinajstić information content (AvgIpc) is 2.78. The van der Waals surface area contributed by atoms with Crippen molar-refractivity contribution in [2.45, 2.75) is 6.54 Å². The predicted molar refractivity (Wildman–Crippen MR) is 63.5 cm³/mol. The second-order valence-corrected chi connectivity index (χ2v) is 3.50. The lowest BCUT2D eigenvalue weighted by molar-refractivity contribution is -0.385. The van der Waals surface area contributed by atoms with E-state index in [1.807, 2.05) is 0 Å². The van der Waals surface area contributed by atoms with Crippen LogP contribution in [0.5, 0.6) is 0 Å². The van der Waals surface area contributed by atoms with Crippen LogP contribution in [0.15, 0.2) is 30.7 Å². The first kappa shape index (κ1) is 12.0. The van der Waals surface area contributed by atoms with Gasteiger partial charge in [0, 0.05) is 12.3 Å². The minimum atomic E-state index is -0.504. The molecular formula is C10H11N5O3. The molecule has 0 aliphatic heterocycles. The third-order valence-electron chi connectivity index (χ3n) is 2.19. The van der Waals surface area contributed by atoms with Gasteiger partial charge in [-0.2, -0.15) is 5.10 Å². The summed E-state index contributed by atoms with van der Waals surface area (Å²) in [6.07, 6.45) is 4.47. The van der Waals surface area contributed by atoms with Gasteiger partial charge >= 0.3 is 0 Å². The van der Waals surface area contributed by atoms with E-state index in [0.29, 0.717) is 18.1 Å². The van der Waals surface area contributed by atoms with Gasteiger partial charge in [0.2, 0.25) is 0 Å². The van der Waals surface area contributed by atoms with Gasteiger partial charge in [-0.05, 0) is 6.07 Å². The number of pyridine rings is 1. The van der Waals surface area contributed by atoms with Gasteiger partial charge in [-0.3, -0.25) is 14.8 Å². The molecule has 0 amide bonds. The smallest absolute Gasteiger partial charge is 0.287 e. The van der Waals surface area contributed by atoms with Crippen molar-refractivity contribution in [2.24, 2.45) is 0 Å². The molecule has 0 saturated heterocycles. The minimum Gasteiger partial charge on any atom is -0.394 e. The SMILES string of the molecule is O=[N+]([O-])c1ccc(Nc2cnn(CCO)c2)nc1. The second kappa shape index (κ2) is 5.23. The summed E-state index contributed by atoms with van der Waals surface area (Å²) in [6.45, 7) is 0.423. The summed E-state index contributed by atoms with van der Waals surface area (Å²) >= 11 is 0. The van der Waals surface area contributed by atoms with Gasteiger partial charge in [-0.1, -0.05) is 0 Å². The van der Waals surface area contributed by atoms with Gasteiger partial charge in [0.05, 0.1) is 30.0 Å². The fourth-order valence-electron chi connectivity index (χ4n) is 1.37. The van der Waals surface area contributed by atoms with Crippen LogP contribution in [0.3, 0.4) is 0 Å². The van der Waals surface area contributed by atoms with Crippen molar-refractivity contribution < 1.29 is 10.0 Å². The Labute approximate surface area is 102 Å². The Morgan fingerprint density at radius 1 is 1.44 bits per heavy atom. The van der Waals surface area contributed by atoms with Gasteiger partial charge in [-0.15, -0.1) is 0 Å². The first-order valence-corrected chi connectivity index (χ1v) is 5.20. The van der Waals surface area contributed by atoms with E-state index >= 15 is 0 Å². The highest BCUT2D eigenvalue weighted by Gasteiger charge is 2.05. The first-order chi connectivity index (χ1) is 8.69. The Bertz CT molecular complexity index is 537. The molecule has 2 aromatic heterocycles. The lowest BCUT2D eigenvalue weighted by atomic mass is 10.4. The van der Waals surface area contributed by atoms with Gasteiger partial charge in [0.15, 0.2) is 0 Å². The maximum Gasteiger partial charge on any atom is 0.287 e. The number of anilines is 2. The van der Waals surface area contributed by atoms with E-state index in [1.165, 1.54) is 18.3 Å². The maximum absolute atomic E-state index is 10.5. The predicted octanol–water partition coefficient (Wildman–Crippen LogP) is 0.922. The van der Waals surface area contributed by atoms with Crippen LogP contribution in [0.1, 0.15) is 0 Å². The van der Waals surface area contributed by atoms with E-state index < -0.39 is 4.92 Å². The highest BCUT2D eigenvalue weighted by atomic mass is 16.6. The third-order valence-corrected chi connectivity index (χ3v) is 2.19. The third kappa shape index (κ3) is 2.80. The molecule has 2 aromatic rings. The van der Waals surface area contributed by atoms with Crippen LogP contribution in [-0.4, -0.2) is 31.4 Å². The normalized spacial score (nSPS) is 10.3. The van der Waals surface area contributed by atoms with Crippen molar-refractivity contribution in [1.82, 2.24) is 14.8 Å². The number of aliphatic hydroxyl groups is 1. The molecule has 2 rings (SSSR count). The Hall–Kier alpha value is -2.48. The Morgan fingerprint density at radius 3 is 2.89 bits per heavy atom. The molecule has 0 fully saturated rings. The van der Waals surface area contributed by atoms with Gasteiger partial charge < -0.3 is 10.4 Å². The molecule has 8 heteroatoms. The molecule has 0 atom stereocenters. The average molecular weight is 249 g/mol. The molecule has 0 aliphatic rings. The van der Waals surface area contributed by atoms with E-state index in [9.17, 15) is 10.1 Å². The van der Waals surface area contributed by atoms with E-state index in [2.05, 4.69) is 15.4 Å². The highest BCUT2D eigenvalue weighted by Crippen LogP contribution is 2.16. The fraction of sp³-hybridized carbons (Fsp3) is 0.200. The molecule has 8 nitrogen and oxygen atoms in total. The van der Waals surface area contributed by atoms with E-state index in [4.69, 9.17) is 5.11 Å². The van der Waals surface area contributed by atoms with Crippen LogP contribution in [0.25, 0.3) is 0 Å². The number of aromatic nitrogens is 3. The molecule has 0 aromatic carbocycles. The lowest BCUT2D eigenvalue weighted by Crippen LogP contribution is -2.01. The molecule has 94 valence electrons. The van der Waals surface area contributed by atoms with Crippen molar-refractivity contribution in [1.29, 1.82) is 0 Å². The molecule has 18 heavy (non-hydrogen) atoms. The summed E-state index contributed by atoms with van der Waals surface area (Å²) in [7, 11) is 0. The van der Waals surface area contributed by atoms with Crippen molar-refractivity contribution in [3.63, 3.8) is 0 Å². The summed E-state index contributed by atoms with van der Waals surface area (Å²) in [5, 5.41) is 26.2. The largest absolute Gasteiger partial charge is 0.394 e. The molecular weight excluding hydrogens is 238 g/mol.